The van der Waals surface area contributed by atoms with Crippen LogP contribution in [0.25, 0.3) is 0 Å². The molecule has 1 aliphatic rings. The maximum Gasteiger partial charge on any atom is 0.274 e. The molecule has 1 heterocycles. The number of hydrogen-bond donors (Lipinski definition) is 2. The molecule has 2 rings (SSSR count). The molecule has 23 heavy (non-hydrogen) atoms. The Labute approximate surface area is 142 Å². The number of carbonyl (C=O) groups is 1. The topological polar surface area (TPSA) is 84.1 Å². The highest BCUT2D eigenvalue weighted by molar-refractivity contribution is 6.32. The summed E-state index contributed by atoms with van der Waals surface area (Å²) in [5.41, 5.74) is 6.06. The smallest absolute Gasteiger partial charge is 0.274 e. The van der Waals surface area contributed by atoms with Crippen LogP contribution in [0.1, 0.15) is 56.4 Å². The molecule has 1 aromatic heterocycles. The number of nitrogens with zero attached hydrogens (tertiary/aromatic N) is 3. The first-order valence-corrected chi connectivity index (χ1v) is 8.61. The zero-order valence-corrected chi connectivity index (χ0v) is 14.9. The van der Waals surface area contributed by atoms with Crippen LogP contribution >= 0.6 is 11.6 Å². The number of rotatable bonds is 5. The first-order chi connectivity index (χ1) is 10.9. The lowest BCUT2D eigenvalue weighted by atomic mass is 9.95. The number of nitrogens with one attached hydrogen (secondary N) is 1. The molecule has 7 heteroatoms. The van der Waals surface area contributed by atoms with Gasteiger partial charge < -0.3 is 16.0 Å². The summed E-state index contributed by atoms with van der Waals surface area (Å²) < 4.78 is 0. The fraction of sp³-hybridized carbons (Fsp3) is 0.688. The second-order valence-corrected chi connectivity index (χ2v) is 7.01. The summed E-state index contributed by atoms with van der Waals surface area (Å²) in [7, 11) is 1.89. The molecular formula is C16H26ClN5O. The van der Waals surface area contributed by atoms with Crippen molar-refractivity contribution in [2.24, 2.45) is 5.92 Å². The number of aromatic nitrogens is 2. The third-order valence-electron chi connectivity index (χ3n) is 4.02. The van der Waals surface area contributed by atoms with E-state index < -0.39 is 0 Å². The van der Waals surface area contributed by atoms with E-state index in [1.807, 2.05) is 11.9 Å². The first-order valence-electron chi connectivity index (χ1n) is 8.23. The van der Waals surface area contributed by atoms with Gasteiger partial charge in [0.1, 0.15) is 0 Å². The molecule has 0 aromatic carbocycles. The molecule has 1 saturated carbocycles. The van der Waals surface area contributed by atoms with Crippen molar-refractivity contribution in [3.05, 3.63) is 10.8 Å². The lowest BCUT2D eigenvalue weighted by Crippen LogP contribution is -2.37. The fourth-order valence-electron chi connectivity index (χ4n) is 2.96. The van der Waals surface area contributed by atoms with Gasteiger partial charge in [0.25, 0.3) is 5.91 Å². The van der Waals surface area contributed by atoms with Gasteiger partial charge in [0.2, 0.25) is 0 Å². The van der Waals surface area contributed by atoms with Crippen molar-refractivity contribution in [1.82, 2.24) is 15.3 Å². The van der Waals surface area contributed by atoms with Crippen LogP contribution in [0.3, 0.4) is 0 Å². The SMILES string of the molecule is CC(C)CN(C)c1nc(N)c(C(=O)NC2CCCCC2)nc1Cl. The second-order valence-electron chi connectivity index (χ2n) is 6.65. The van der Waals surface area contributed by atoms with E-state index in [1.54, 1.807) is 0 Å². The molecule has 6 nitrogen and oxygen atoms in total. The van der Waals surface area contributed by atoms with Crippen LogP contribution in [0.5, 0.6) is 0 Å². The van der Waals surface area contributed by atoms with Crippen molar-refractivity contribution in [2.75, 3.05) is 24.2 Å². The average molecular weight is 340 g/mol. The van der Waals surface area contributed by atoms with Crippen LogP contribution in [0.4, 0.5) is 11.6 Å². The van der Waals surface area contributed by atoms with Gasteiger partial charge in [-0.15, -0.1) is 0 Å². The predicted octanol–water partition coefficient (Wildman–Crippen LogP) is 2.87. The summed E-state index contributed by atoms with van der Waals surface area (Å²) in [6, 6.07) is 0.194. The molecular weight excluding hydrogens is 314 g/mol. The number of halogens is 1. The highest BCUT2D eigenvalue weighted by Gasteiger charge is 2.22. The van der Waals surface area contributed by atoms with Gasteiger partial charge in [-0.2, -0.15) is 0 Å². The molecule has 0 saturated heterocycles. The zero-order valence-electron chi connectivity index (χ0n) is 14.1. The molecule has 0 aliphatic heterocycles. The molecule has 0 bridgehead atoms. The van der Waals surface area contributed by atoms with E-state index in [4.69, 9.17) is 17.3 Å². The number of nitrogens with two attached hydrogens (primary N) is 1. The van der Waals surface area contributed by atoms with Crippen LogP contribution in [-0.2, 0) is 0 Å². The van der Waals surface area contributed by atoms with E-state index in [-0.39, 0.29) is 28.6 Å². The minimum Gasteiger partial charge on any atom is -0.382 e. The molecule has 1 aliphatic carbocycles. The summed E-state index contributed by atoms with van der Waals surface area (Å²) >= 11 is 6.22. The molecule has 0 atom stereocenters. The lowest BCUT2D eigenvalue weighted by molar-refractivity contribution is 0.0923. The molecule has 0 unspecified atom stereocenters. The van der Waals surface area contributed by atoms with Gasteiger partial charge in [0, 0.05) is 19.6 Å². The highest BCUT2D eigenvalue weighted by Crippen LogP contribution is 2.24. The monoisotopic (exact) mass is 339 g/mol. The van der Waals surface area contributed by atoms with E-state index >= 15 is 0 Å². The summed E-state index contributed by atoms with van der Waals surface area (Å²) in [5.74, 6) is 0.788. The highest BCUT2D eigenvalue weighted by atomic mass is 35.5. The van der Waals surface area contributed by atoms with E-state index in [0.717, 1.165) is 32.2 Å². The Morgan fingerprint density at radius 3 is 2.61 bits per heavy atom. The lowest BCUT2D eigenvalue weighted by Gasteiger charge is -2.24. The Bertz CT molecular complexity index is 558. The van der Waals surface area contributed by atoms with Crippen molar-refractivity contribution in [3.63, 3.8) is 0 Å². The summed E-state index contributed by atoms with van der Waals surface area (Å²) in [4.78, 5) is 22.8. The van der Waals surface area contributed by atoms with Gasteiger partial charge >= 0.3 is 0 Å². The standard InChI is InChI=1S/C16H26ClN5O/c1-10(2)9-22(3)15-13(17)20-12(14(18)21-15)16(23)19-11-7-5-4-6-8-11/h10-11H,4-9H2,1-3H3,(H2,18,21)(H,19,23). The number of carbonyl (C=O) groups excluding carboxylic acids is 1. The van der Waals surface area contributed by atoms with Crippen molar-refractivity contribution < 1.29 is 4.79 Å². The Kier molecular flexibility index (Phi) is 6.04. The summed E-state index contributed by atoms with van der Waals surface area (Å²) in [6.45, 7) is 4.99. The van der Waals surface area contributed by atoms with Crippen LogP contribution in [0, 0.1) is 5.92 Å². The largest absolute Gasteiger partial charge is 0.382 e. The van der Waals surface area contributed by atoms with Gasteiger partial charge in [-0.3, -0.25) is 4.79 Å². The Morgan fingerprint density at radius 1 is 1.35 bits per heavy atom. The van der Waals surface area contributed by atoms with E-state index in [9.17, 15) is 4.79 Å². The van der Waals surface area contributed by atoms with Gasteiger partial charge in [0.15, 0.2) is 22.5 Å². The van der Waals surface area contributed by atoms with Crippen molar-refractivity contribution >= 4 is 29.1 Å². The van der Waals surface area contributed by atoms with Crippen molar-refractivity contribution in [3.8, 4) is 0 Å². The summed E-state index contributed by atoms with van der Waals surface area (Å²) in [5, 5.41) is 3.20. The minimum atomic E-state index is -0.290. The Balaban J connectivity index is 2.13. The third-order valence-corrected chi connectivity index (χ3v) is 4.27. The third kappa shape index (κ3) is 4.70. The maximum atomic E-state index is 12.4. The number of anilines is 2. The van der Waals surface area contributed by atoms with Crippen LogP contribution in [-0.4, -0.2) is 35.5 Å². The van der Waals surface area contributed by atoms with E-state index in [0.29, 0.717) is 11.7 Å². The quantitative estimate of drug-likeness (QED) is 0.861. The fourth-order valence-corrected chi connectivity index (χ4v) is 3.23. The zero-order chi connectivity index (χ0) is 17.0. The number of nitrogen functional groups attached to an aromatic ring is 1. The molecule has 1 aromatic rings. The Morgan fingerprint density at radius 2 is 2.00 bits per heavy atom. The molecule has 0 radical (unpaired) electrons. The van der Waals surface area contributed by atoms with Gasteiger partial charge in [-0.05, 0) is 18.8 Å². The number of amides is 1. The van der Waals surface area contributed by atoms with Gasteiger partial charge in [0.05, 0.1) is 0 Å². The van der Waals surface area contributed by atoms with E-state index in [2.05, 4.69) is 29.1 Å². The van der Waals surface area contributed by atoms with E-state index in [1.165, 1.54) is 6.42 Å². The van der Waals surface area contributed by atoms with Crippen LogP contribution in [0.2, 0.25) is 5.15 Å². The molecule has 1 fully saturated rings. The van der Waals surface area contributed by atoms with Gasteiger partial charge in [-0.25, -0.2) is 9.97 Å². The normalized spacial score (nSPS) is 15.7. The van der Waals surface area contributed by atoms with Gasteiger partial charge in [-0.1, -0.05) is 44.7 Å². The predicted molar refractivity (Wildman–Crippen MR) is 93.9 cm³/mol. The first kappa shape index (κ1) is 17.8. The van der Waals surface area contributed by atoms with Crippen molar-refractivity contribution in [2.45, 2.75) is 52.0 Å². The minimum absolute atomic E-state index is 0.113. The van der Waals surface area contributed by atoms with Crippen molar-refractivity contribution in [1.29, 1.82) is 0 Å². The Hall–Kier alpha value is -1.56. The van der Waals surface area contributed by atoms with Crippen LogP contribution < -0.4 is 16.0 Å². The molecule has 128 valence electrons. The summed E-state index contributed by atoms with van der Waals surface area (Å²) in [6.07, 6.45) is 5.53. The second kappa shape index (κ2) is 7.81. The molecule has 3 N–H and O–H groups in total. The number of hydrogen-bond acceptors (Lipinski definition) is 5. The average Bonchev–Trinajstić information content (AvgIpc) is 2.49. The van der Waals surface area contributed by atoms with Crippen LogP contribution in [0.15, 0.2) is 0 Å². The molecule has 0 spiro atoms. The molecule has 1 amide bonds. The maximum absolute atomic E-state index is 12.4.